The van der Waals surface area contributed by atoms with Crippen LogP contribution >= 0.6 is 0 Å². The van der Waals surface area contributed by atoms with Crippen LogP contribution in [0.4, 0.5) is 96.6 Å². The van der Waals surface area contributed by atoms with Crippen LogP contribution in [-0.4, -0.2) is 47.4 Å². The third-order valence-electron chi connectivity index (χ3n) is 4.95. The highest BCUT2D eigenvalue weighted by Gasteiger charge is 2.95. The Bertz CT molecular complexity index is 1090. The Morgan fingerprint density at radius 2 is 0.692 bits per heavy atom. The molecule has 2 aliphatic rings. The third kappa shape index (κ3) is 4.11. The monoisotopic (exact) mass is 626 g/mol. The lowest BCUT2D eigenvalue weighted by Gasteiger charge is -2.24. The lowest BCUT2D eigenvalue weighted by Crippen LogP contribution is -2.34. The minimum absolute atomic E-state index is 2.63. The van der Waals surface area contributed by atoms with Gasteiger partial charge in [0.1, 0.15) is 11.1 Å². The lowest BCUT2D eigenvalue weighted by atomic mass is 10.1. The van der Waals surface area contributed by atoms with Crippen LogP contribution in [0, 0.1) is 0 Å². The first-order chi connectivity index (χ1) is 16.9. The molecule has 0 radical (unpaired) electrons. The van der Waals surface area contributed by atoms with Crippen LogP contribution in [0.3, 0.4) is 0 Å². The standard InChI is InChI=1S/C16F22O/c17-3(7(19)20)9(23,24)5(1-11(27,13(1,29)30)15(33,34)35)39-6(10(25,26)4(18)8(21)22)2-12(28,14(2,31)32)16(36,37)38. The zero-order valence-electron chi connectivity index (χ0n) is 16.7. The zero-order valence-corrected chi connectivity index (χ0v) is 16.7. The first-order valence-electron chi connectivity index (χ1n) is 8.57. The molecule has 2 atom stereocenters. The molecule has 2 fully saturated rings. The number of halogens is 22. The molecule has 2 aliphatic carbocycles. The van der Waals surface area contributed by atoms with E-state index in [9.17, 15) is 96.6 Å². The van der Waals surface area contributed by atoms with Crippen LogP contribution < -0.4 is 0 Å². The molecular weight excluding hydrogens is 626 g/mol. The summed E-state index contributed by atoms with van der Waals surface area (Å²) in [6.07, 6.45) is -23.4. The Balaban J connectivity index is 3.14. The SMILES string of the molecule is FC(F)=C(F)C(F)(F)C(OC(=C1C(F)(F)C1(F)C(F)(F)F)C(F)(F)C(F)=C(F)F)=C1C(F)(F)C1(F)C(F)(F)F. The third-order valence-corrected chi connectivity index (χ3v) is 4.95. The first kappa shape index (κ1) is 32.4. The van der Waals surface area contributed by atoms with Crippen LogP contribution in [0.2, 0.25) is 0 Å². The van der Waals surface area contributed by atoms with Crippen LogP contribution in [0.25, 0.3) is 0 Å². The topological polar surface area (TPSA) is 9.23 Å². The Morgan fingerprint density at radius 3 is 0.846 bits per heavy atom. The number of hydrogen-bond acceptors (Lipinski definition) is 1. The molecule has 39 heavy (non-hydrogen) atoms. The minimum atomic E-state index is -7.23. The molecule has 2 rings (SSSR count). The molecule has 224 valence electrons. The number of hydrogen-bond donors (Lipinski definition) is 0. The summed E-state index contributed by atoms with van der Waals surface area (Å²) in [4.78, 5) is 0. The molecule has 0 aromatic rings. The maximum Gasteiger partial charge on any atom is 0.433 e. The smallest absolute Gasteiger partial charge is 0.433 e. The summed E-state index contributed by atoms with van der Waals surface area (Å²) in [5, 5.41) is 0. The molecule has 0 aliphatic heterocycles. The number of ether oxygens (including phenoxy) is 1. The summed E-state index contributed by atoms with van der Waals surface area (Å²) in [6, 6.07) is 0. The Morgan fingerprint density at radius 1 is 0.462 bits per heavy atom. The van der Waals surface area contributed by atoms with Crippen LogP contribution in [0.5, 0.6) is 0 Å². The quantitative estimate of drug-likeness (QED) is 0.212. The second-order valence-electron chi connectivity index (χ2n) is 7.27. The Hall–Kier alpha value is -2.78. The average Bonchev–Trinajstić information content (AvgIpc) is 3.41. The van der Waals surface area contributed by atoms with Gasteiger partial charge in [0.25, 0.3) is 0 Å². The maximum atomic E-state index is 14.1. The average molecular weight is 626 g/mol. The Labute approximate surface area is 196 Å². The molecule has 2 unspecified atom stereocenters. The van der Waals surface area contributed by atoms with E-state index in [1.54, 1.807) is 0 Å². The van der Waals surface area contributed by atoms with E-state index in [0.717, 1.165) is 0 Å². The van der Waals surface area contributed by atoms with Gasteiger partial charge in [-0.15, -0.1) is 0 Å². The van der Waals surface area contributed by atoms with Crippen molar-refractivity contribution in [2.24, 2.45) is 0 Å². The molecule has 0 saturated heterocycles. The van der Waals surface area contributed by atoms with Crippen LogP contribution in [0.1, 0.15) is 0 Å². The molecule has 1 nitrogen and oxygen atoms in total. The summed E-state index contributed by atoms with van der Waals surface area (Å²) in [7, 11) is 0. The van der Waals surface area contributed by atoms with Crippen LogP contribution in [-0.2, 0) is 4.74 Å². The van der Waals surface area contributed by atoms with Crippen molar-refractivity contribution in [2.75, 3.05) is 0 Å². The molecule has 23 heteroatoms. The molecule has 0 heterocycles. The van der Waals surface area contributed by atoms with E-state index in [-0.39, 0.29) is 0 Å². The molecule has 0 amide bonds. The van der Waals surface area contributed by atoms with Crippen molar-refractivity contribution in [1.82, 2.24) is 0 Å². The van der Waals surface area contributed by atoms with Crippen LogP contribution in [0.15, 0.2) is 46.5 Å². The van der Waals surface area contributed by atoms with Gasteiger partial charge in [0, 0.05) is 0 Å². The van der Waals surface area contributed by atoms with Gasteiger partial charge in [0.15, 0.2) is 11.5 Å². The fraction of sp³-hybridized carbons (Fsp3) is 0.500. The highest BCUT2D eigenvalue weighted by Crippen LogP contribution is 2.73. The largest absolute Gasteiger partial charge is 0.452 e. The fourth-order valence-corrected chi connectivity index (χ4v) is 2.96. The van der Waals surface area contributed by atoms with Crippen molar-refractivity contribution in [2.45, 2.75) is 47.4 Å². The normalized spacial score (nSPS) is 29.0. The van der Waals surface area contributed by atoms with Gasteiger partial charge in [-0.25, -0.2) is 8.78 Å². The molecule has 0 bridgehead atoms. The van der Waals surface area contributed by atoms with Gasteiger partial charge in [-0.2, -0.15) is 87.8 Å². The van der Waals surface area contributed by atoms with Gasteiger partial charge in [-0.05, 0) is 0 Å². The van der Waals surface area contributed by atoms with Gasteiger partial charge in [-0.3, -0.25) is 0 Å². The maximum absolute atomic E-state index is 14.1. The van der Waals surface area contributed by atoms with Gasteiger partial charge in [0.2, 0.25) is 11.7 Å². The van der Waals surface area contributed by atoms with Crippen molar-refractivity contribution < 1.29 is 101 Å². The molecular formula is C16F22O. The summed E-state index contributed by atoms with van der Waals surface area (Å²) in [5.41, 5.74) is -21.8. The summed E-state index contributed by atoms with van der Waals surface area (Å²) in [6.45, 7) is 0. The highest BCUT2D eigenvalue weighted by atomic mass is 19.4. The van der Waals surface area contributed by atoms with E-state index >= 15 is 0 Å². The summed E-state index contributed by atoms with van der Waals surface area (Å²) >= 11 is 0. The van der Waals surface area contributed by atoms with E-state index in [1.165, 1.54) is 0 Å². The second kappa shape index (κ2) is 8.36. The van der Waals surface area contributed by atoms with Gasteiger partial charge in [0.05, 0.1) is 0 Å². The van der Waals surface area contributed by atoms with E-state index < -0.39 is 93.9 Å². The lowest BCUT2D eigenvalue weighted by molar-refractivity contribution is -0.216. The number of alkyl halides is 16. The van der Waals surface area contributed by atoms with E-state index in [1.807, 2.05) is 0 Å². The first-order valence-corrected chi connectivity index (χ1v) is 8.57. The minimum Gasteiger partial charge on any atom is -0.452 e. The summed E-state index contributed by atoms with van der Waals surface area (Å²) < 4.78 is 294. The summed E-state index contributed by atoms with van der Waals surface area (Å²) in [5.74, 6) is -46.0. The van der Waals surface area contributed by atoms with Crippen molar-refractivity contribution in [3.8, 4) is 0 Å². The zero-order chi connectivity index (χ0) is 31.3. The predicted molar refractivity (Wildman–Crippen MR) is 75.4 cm³/mol. The van der Waals surface area contributed by atoms with E-state index in [4.69, 9.17) is 0 Å². The Kier molecular flexibility index (Phi) is 6.96. The molecule has 0 spiro atoms. The highest BCUT2D eigenvalue weighted by molar-refractivity contribution is 5.59. The number of allylic oxidation sites excluding steroid dienone is 4. The van der Waals surface area contributed by atoms with Gasteiger partial charge >= 0.3 is 59.5 Å². The van der Waals surface area contributed by atoms with E-state index in [0.29, 0.717) is 0 Å². The van der Waals surface area contributed by atoms with E-state index in [2.05, 4.69) is 4.74 Å². The fourth-order valence-electron chi connectivity index (χ4n) is 2.96. The van der Waals surface area contributed by atoms with Crippen molar-refractivity contribution in [3.05, 3.63) is 46.5 Å². The second-order valence-corrected chi connectivity index (χ2v) is 7.27. The van der Waals surface area contributed by atoms with Gasteiger partial charge in [-0.1, -0.05) is 0 Å². The van der Waals surface area contributed by atoms with Gasteiger partial charge < -0.3 is 4.74 Å². The predicted octanol–water partition coefficient (Wildman–Crippen LogP) is 8.78. The van der Waals surface area contributed by atoms with Crippen molar-refractivity contribution in [1.29, 1.82) is 0 Å². The molecule has 2 saturated carbocycles. The van der Waals surface area contributed by atoms with Crippen molar-refractivity contribution >= 4 is 0 Å². The molecule has 0 aromatic carbocycles. The molecule has 0 N–H and O–H groups in total. The number of rotatable bonds is 6. The van der Waals surface area contributed by atoms with Crippen molar-refractivity contribution in [3.63, 3.8) is 0 Å². The molecule has 0 aromatic heterocycles.